The number of amides is 2. The minimum Gasteiger partial charge on any atom is -0.434 e. The van der Waals surface area contributed by atoms with Crippen molar-refractivity contribution in [2.45, 2.75) is 13.2 Å². The number of halogens is 3. The number of para-hydroxylation sites is 1. The van der Waals surface area contributed by atoms with E-state index in [1.165, 1.54) is 42.5 Å². The Morgan fingerprint density at radius 1 is 1.00 bits per heavy atom. The van der Waals surface area contributed by atoms with Crippen LogP contribution in [0.25, 0.3) is 0 Å². The fourth-order valence-electron chi connectivity index (χ4n) is 2.01. The smallest absolute Gasteiger partial charge is 0.387 e. The molecule has 0 saturated heterocycles. The molecular weight excluding hydrogens is 337 g/mol. The average Bonchev–Trinajstić information content (AvgIpc) is 2.59. The average molecular weight is 352 g/mol. The molecule has 132 valence electrons. The molecule has 2 N–H and O–H groups in total. The zero-order chi connectivity index (χ0) is 18.2. The van der Waals surface area contributed by atoms with Crippen LogP contribution in [0.2, 0.25) is 0 Å². The topological polar surface area (TPSA) is 67.4 Å². The molecule has 2 aromatic rings. The van der Waals surface area contributed by atoms with Crippen molar-refractivity contribution in [2.75, 3.05) is 6.54 Å². The van der Waals surface area contributed by atoms with Crippen molar-refractivity contribution < 1.29 is 27.5 Å². The molecule has 2 rings (SSSR count). The van der Waals surface area contributed by atoms with Crippen molar-refractivity contribution >= 4 is 11.8 Å². The van der Waals surface area contributed by atoms with Crippen molar-refractivity contribution in [2.24, 2.45) is 0 Å². The van der Waals surface area contributed by atoms with Gasteiger partial charge in [0.2, 0.25) is 5.91 Å². The molecule has 0 aliphatic heterocycles. The fraction of sp³-hybridized carbons (Fsp3) is 0.176. The van der Waals surface area contributed by atoms with Gasteiger partial charge in [-0.25, -0.2) is 4.39 Å². The molecule has 0 fully saturated rings. The SMILES string of the molecule is O=C(CNC(=O)c1ccccc1OC(F)F)NCc1ccccc1F. The van der Waals surface area contributed by atoms with E-state index in [1.54, 1.807) is 6.07 Å². The molecular formula is C17H15F3N2O3. The molecule has 0 spiro atoms. The highest BCUT2D eigenvalue weighted by molar-refractivity contribution is 5.98. The van der Waals surface area contributed by atoms with Gasteiger partial charge in [-0.15, -0.1) is 0 Å². The van der Waals surface area contributed by atoms with Crippen molar-refractivity contribution in [3.8, 4) is 5.75 Å². The molecule has 0 unspecified atom stereocenters. The molecule has 2 aromatic carbocycles. The van der Waals surface area contributed by atoms with Gasteiger partial charge in [0.05, 0.1) is 12.1 Å². The molecule has 5 nitrogen and oxygen atoms in total. The van der Waals surface area contributed by atoms with Gasteiger partial charge in [-0.3, -0.25) is 9.59 Å². The van der Waals surface area contributed by atoms with Gasteiger partial charge in [-0.2, -0.15) is 8.78 Å². The molecule has 0 saturated carbocycles. The molecule has 0 aliphatic carbocycles. The summed E-state index contributed by atoms with van der Waals surface area (Å²) in [6.07, 6.45) is 0. The number of benzene rings is 2. The van der Waals surface area contributed by atoms with Gasteiger partial charge in [0.25, 0.3) is 5.91 Å². The number of carbonyl (C=O) groups excluding carboxylic acids is 2. The predicted molar refractivity (Wildman–Crippen MR) is 83.7 cm³/mol. The molecule has 0 aliphatic rings. The van der Waals surface area contributed by atoms with E-state index in [9.17, 15) is 22.8 Å². The van der Waals surface area contributed by atoms with Crippen molar-refractivity contribution in [1.29, 1.82) is 0 Å². The lowest BCUT2D eigenvalue weighted by Crippen LogP contribution is -2.36. The third-order valence-corrected chi connectivity index (χ3v) is 3.19. The van der Waals surface area contributed by atoms with E-state index in [4.69, 9.17) is 0 Å². The van der Waals surface area contributed by atoms with Crippen LogP contribution in [0.3, 0.4) is 0 Å². The summed E-state index contributed by atoms with van der Waals surface area (Å²) in [7, 11) is 0. The lowest BCUT2D eigenvalue weighted by molar-refractivity contribution is -0.120. The Morgan fingerprint density at radius 2 is 1.68 bits per heavy atom. The van der Waals surface area contributed by atoms with Crippen LogP contribution in [0, 0.1) is 5.82 Å². The second-order valence-corrected chi connectivity index (χ2v) is 4.93. The molecule has 0 atom stereocenters. The van der Waals surface area contributed by atoms with Crippen LogP contribution in [0.5, 0.6) is 5.75 Å². The second-order valence-electron chi connectivity index (χ2n) is 4.93. The van der Waals surface area contributed by atoms with E-state index in [1.807, 2.05) is 0 Å². The second kappa shape index (κ2) is 8.72. The summed E-state index contributed by atoms with van der Waals surface area (Å²) in [4.78, 5) is 23.7. The summed E-state index contributed by atoms with van der Waals surface area (Å²) in [5, 5.41) is 4.74. The minimum atomic E-state index is -3.07. The number of ether oxygens (including phenoxy) is 1. The predicted octanol–water partition coefficient (Wildman–Crippen LogP) is 2.47. The summed E-state index contributed by atoms with van der Waals surface area (Å²) in [5.41, 5.74) is 0.183. The van der Waals surface area contributed by atoms with Gasteiger partial charge in [0.15, 0.2) is 0 Å². The number of carbonyl (C=O) groups is 2. The van der Waals surface area contributed by atoms with E-state index >= 15 is 0 Å². The zero-order valence-corrected chi connectivity index (χ0v) is 13.0. The zero-order valence-electron chi connectivity index (χ0n) is 13.0. The highest BCUT2D eigenvalue weighted by Gasteiger charge is 2.16. The van der Waals surface area contributed by atoms with E-state index in [0.29, 0.717) is 5.56 Å². The molecule has 2 amide bonds. The molecule has 0 aromatic heterocycles. The summed E-state index contributed by atoms with van der Waals surface area (Å²) in [6, 6.07) is 11.4. The van der Waals surface area contributed by atoms with E-state index < -0.39 is 30.8 Å². The minimum absolute atomic E-state index is 0.0353. The number of nitrogens with one attached hydrogen (secondary N) is 2. The van der Waals surface area contributed by atoms with Gasteiger partial charge in [0.1, 0.15) is 11.6 Å². The van der Waals surface area contributed by atoms with Crippen LogP contribution in [0.4, 0.5) is 13.2 Å². The maximum atomic E-state index is 13.4. The maximum absolute atomic E-state index is 13.4. The van der Waals surface area contributed by atoms with Gasteiger partial charge < -0.3 is 15.4 Å². The Bertz CT molecular complexity index is 753. The third-order valence-electron chi connectivity index (χ3n) is 3.19. The Morgan fingerprint density at radius 3 is 2.40 bits per heavy atom. The highest BCUT2D eigenvalue weighted by Crippen LogP contribution is 2.19. The largest absolute Gasteiger partial charge is 0.434 e. The normalized spacial score (nSPS) is 10.4. The molecule has 0 radical (unpaired) electrons. The summed E-state index contributed by atoms with van der Waals surface area (Å²) in [5.74, 6) is -2.03. The van der Waals surface area contributed by atoms with Crippen molar-refractivity contribution in [3.05, 3.63) is 65.5 Å². The van der Waals surface area contributed by atoms with Crippen molar-refractivity contribution in [1.82, 2.24) is 10.6 Å². The standard InChI is InChI=1S/C17H15F3N2O3/c18-13-7-3-1-5-11(13)9-21-15(23)10-22-16(24)12-6-2-4-8-14(12)25-17(19)20/h1-8,17H,9-10H2,(H,21,23)(H,22,24). The van der Waals surface area contributed by atoms with Gasteiger partial charge in [-0.05, 0) is 18.2 Å². The first-order chi connectivity index (χ1) is 12.0. The Hall–Kier alpha value is -3.03. The van der Waals surface area contributed by atoms with Crippen LogP contribution < -0.4 is 15.4 Å². The Balaban J connectivity index is 1.87. The third kappa shape index (κ3) is 5.52. The van der Waals surface area contributed by atoms with E-state index in [2.05, 4.69) is 15.4 Å². The van der Waals surface area contributed by atoms with Crippen molar-refractivity contribution in [3.63, 3.8) is 0 Å². The first-order valence-corrected chi connectivity index (χ1v) is 7.29. The van der Waals surface area contributed by atoms with Crippen LogP contribution in [0.15, 0.2) is 48.5 Å². The fourth-order valence-corrected chi connectivity index (χ4v) is 2.01. The Labute approximate surface area is 141 Å². The van der Waals surface area contributed by atoms with Crippen LogP contribution in [-0.2, 0) is 11.3 Å². The molecule has 25 heavy (non-hydrogen) atoms. The van der Waals surface area contributed by atoms with Gasteiger partial charge in [-0.1, -0.05) is 30.3 Å². The number of rotatable bonds is 7. The van der Waals surface area contributed by atoms with Crippen LogP contribution in [-0.4, -0.2) is 25.0 Å². The lowest BCUT2D eigenvalue weighted by atomic mass is 10.2. The number of alkyl halides is 2. The van der Waals surface area contributed by atoms with E-state index in [0.717, 1.165) is 0 Å². The summed E-state index contributed by atoms with van der Waals surface area (Å²) < 4.78 is 42.3. The molecule has 0 heterocycles. The van der Waals surface area contributed by atoms with E-state index in [-0.39, 0.29) is 17.9 Å². The molecule has 0 bridgehead atoms. The van der Waals surface area contributed by atoms with Crippen LogP contribution in [0.1, 0.15) is 15.9 Å². The number of hydrogen-bond donors (Lipinski definition) is 2. The number of hydrogen-bond acceptors (Lipinski definition) is 3. The van der Waals surface area contributed by atoms with Crippen LogP contribution >= 0.6 is 0 Å². The summed E-state index contributed by atoms with van der Waals surface area (Å²) >= 11 is 0. The first kappa shape index (κ1) is 18.3. The van der Waals surface area contributed by atoms with Gasteiger partial charge in [0, 0.05) is 12.1 Å². The highest BCUT2D eigenvalue weighted by atomic mass is 19.3. The summed E-state index contributed by atoms with van der Waals surface area (Å²) in [6.45, 7) is -3.50. The lowest BCUT2D eigenvalue weighted by Gasteiger charge is -2.11. The quantitative estimate of drug-likeness (QED) is 0.804. The van der Waals surface area contributed by atoms with Gasteiger partial charge >= 0.3 is 6.61 Å². The molecule has 8 heteroatoms. The maximum Gasteiger partial charge on any atom is 0.387 e. The first-order valence-electron chi connectivity index (χ1n) is 7.29. The monoisotopic (exact) mass is 352 g/mol. The Kier molecular flexibility index (Phi) is 6.39.